The van der Waals surface area contributed by atoms with Gasteiger partial charge in [-0.05, 0) is 38.0 Å². The lowest BCUT2D eigenvalue weighted by molar-refractivity contribution is -0.128. The summed E-state index contributed by atoms with van der Waals surface area (Å²) in [6.07, 6.45) is 9.85. The smallest absolute Gasteiger partial charge is 0.313 e. The predicted molar refractivity (Wildman–Crippen MR) is 89.5 cm³/mol. The van der Waals surface area contributed by atoms with E-state index in [2.05, 4.69) is 14.8 Å². The molecule has 5 rings (SSSR count). The van der Waals surface area contributed by atoms with Crippen molar-refractivity contribution >= 4 is 11.9 Å². The van der Waals surface area contributed by atoms with Gasteiger partial charge in [-0.25, -0.2) is 4.79 Å². The van der Waals surface area contributed by atoms with Crippen LogP contribution < -0.4 is 0 Å². The Hall–Kier alpha value is -1.92. The lowest BCUT2D eigenvalue weighted by Crippen LogP contribution is -2.41. The number of hydrogen-bond donors (Lipinski definition) is 0. The molecule has 7 nitrogen and oxygen atoms in total. The fourth-order valence-corrected chi connectivity index (χ4v) is 5.32. The Bertz CT molecular complexity index is 714. The third kappa shape index (κ3) is 2.31. The maximum atomic E-state index is 13.0. The number of urea groups is 1. The SMILES string of the molecule is O=C1[C@@H]2C[C@@H]3CCCC[C@H]3N2C(=O)N1Cc1nnc2n1CCCCC2. The first-order valence-corrected chi connectivity index (χ1v) is 9.78. The molecule has 3 amide bonds. The molecule has 0 unspecified atom stereocenters. The number of nitrogens with zero attached hydrogens (tertiary/aromatic N) is 5. The molecule has 0 N–H and O–H groups in total. The van der Waals surface area contributed by atoms with Gasteiger partial charge in [-0.3, -0.25) is 9.69 Å². The minimum Gasteiger partial charge on any atom is -0.313 e. The first-order chi connectivity index (χ1) is 12.2. The van der Waals surface area contributed by atoms with E-state index < -0.39 is 0 Å². The van der Waals surface area contributed by atoms with Crippen molar-refractivity contribution in [1.82, 2.24) is 24.6 Å². The van der Waals surface area contributed by atoms with Crippen molar-refractivity contribution in [2.75, 3.05) is 0 Å². The second-order valence-electron chi connectivity index (χ2n) is 7.97. The minimum absolute atomic E-state index is 0.0228. The summed E-state index contributed by atoms with van der Waals surface area (Å²) >= 11 is 0. The van der Waals surface area contributed by atoms with Crippen molar-refractivity contribution < 1.29 is 9.59 Å². The zero-order valence-electron chi connectivity index (χ0n) is 14.6. The average Bonchev–Trinajstić information content (AvgIpc) is 3.19. The molecule has 0 aromatic carbocycles. The second kappa shape index (κ2) is 5.81. The van der Waals surface area contributed by atoms with Crippen LogP contribution in [0.5, 0.6) is 0 Å². The fourth-order valence-electron chi connectivity index (χ4n) is 5.32. The zero-order chi connectivity index (χ0) is 17.0. The van der Waals surface area contributed by atoms with Crippen LogP contribution in [0.2, 0.25) is 0 Å². The summed E-state index contributed by atoms with van der Waals surface area (Å²) in [6, 6.07) is -0.0572. The molecule has 3 atom stereocenters. The molecule has 1 aliphatic carbocycles. The normalized spacial score (nSPS) is 31.8. The molecular formula is C18H25N5O2. The number of aryl methyl sites for hydroxylation is 1. The van der Waals surface area contributed by atoms with Gasteiger partial charge in [0.25, 0.3) is 5.91 Å². The van der Waals surface area contributed by atoms with Gasteiger partial charge in [0.05, 0.1) is 6.54 Å². The quantitative estimate of drug-likeness (QED) is 0.771. The molecule has 0 radical (unpaired) electrons. The molecule has 7 heteroatoms. The molecule has 4 aliphatic rings. The van der Waals surface area contributed by atoms with Gasteiger partial charge in [0, 0.05) is 19.0 Å². The summed E-state index contributed by atoms with van der Waals surface area (Å²) in [6.45, 7) is 1.17. The van der Waals surface area contributed by atoms with E-state index in [0.29, 0.717) is 5.92 Å². The number of rotatable bonds is 2. The average molecular weight is 343 g/mol. The van der Waals surface area contributed by atoms with E-state index in [-0.39, 0.29) is 30.6 Å². The number of aromatic nitrogens is 3. The summed E-state index contributed by atoms with van der Waals surface area (Å²) in [4.78, 5) is 29.2. The number of fused-ring (bicyclic) bond motifs is 4. The zero-order valence-corrected chi connectivity index (χ0v) is 14.6. The van der Waals surface area contributed by atoms with Crippen molar-refractivity contribution in [2.24, 2.45) is 5.92 Å². The maximum Gasteiger partial charge on any atom is 0.328 e. The number of carbonyl (C=O) groups excluding carboxylic acids is 2. The number of hydrogen-bond acceptors (Lipinski definition) is 4. The standard InChI is InChI=1S/C18H25N5O2/c24-17-14-10-12-6-3-4-7-13(12)23(14)18(25)22(17)11-16-20-19-15-8-2-1-5-9-21(15)16/h12-14H,1-11H2/t12-,13+,14-/m0/s1. The maximum absolute atomic E-state index is 13.0. The van der Waals surface area contributed by atoms with E-state index in [9.17, 15) is 9.59 Å². The van der Waals surface area contributed by atoms with E-state index in [1.807, 2.05) is 4.90 Å². The highest BCUT2D eigenvalue weighted by Crippen LogP contribution is 2.43. The van der Waals surface area contributed by atoms with E-state index in [1.165, 1.54) is 24.2 Å². The van der Waals surface area contributed by atoms with Crippen LogP contribution >= 0.6 is 0 Å². The predicted octanol–water partition coefficient (Wildman–Crippen LogP) is 2.10. The lowest BCUT2D eigenvalue weighted by Gasteiger charge is -2.30. The molecule has 1 aromatic rings. The monoisotopic (exact) mass is 343 g/mol. The molecule has 4 heterocycles. The molecule has 2 saturated heterocycles. The van der Waals surface area contributed by atoms with Gasteiger partial charge < -0.3 is 9.47 Å². The van der Waals surface area contributed by atoms with E-state index in [4.69, 9.17) is 0 Å². The third-order valence-electron chi connectivity index (χ3n) is 6.58. The van der Waals surface area contributed by atoms with Crippen LogP contribution in [-0.4, -0.2) is 48.6 Å². The van der Waals surface area contributed by atoms with Crippen LogP contribution in [-0.2, 0) is 24.3 Å². The summed E-state index contributed by atoms with van der Waals surface area (Å²) in [5, 5.41) is 8.59. The van der Waals surface area contributed by atoms with Gasteiger partial charge in [0.15, 0.2) is 5.82 Å². The van der Waals surface area contributed by atoms with Crippen molar-refractivity contribution in [2.45, 2.75) is 83.0 Å². The molecule has 25 heavy (non-hydrogen) atoms. The van der Waals surface area contributed by atoms with E-state index >= 15 is 0 Å². The van der Waals surface area contributed by atoms with Gasteiger partial charge in [-0.15, -0.1) is 10.2 Å². The number of amides is 3. The second-order valence-corrected chi connectivity index (χ2v) is 7.97. The van der Waals surface area contributed by atoms with E-state index in [1.54, 1.807) is 0 Å². The van der Waals surface area contributed by atoms with Crippen LogP contribution in [0.1, 0.15) is 63.0 Å². The van der Waals surface area contributed by atoms with Crippen molar-refractivity contribution in [3.05, 3.63) is 11.6 Å². The van der Waals surface area contributed by atoms with Gasteiger partial charge >= 0.3 is 6.03 Å². The first kappa shape index (κ1) is 15.3. The molecule has 1 saturated carbocycles. The highest BCUT2D eigenvalue weighted by Gasteiger charge is 2.55. The summed E-state index contributed by atoms with van der Waals surface area (Å²) in [5.41, 5.74) is 0. The van der Waals surface area contributed by atoms with Crippen LogP contribution in [0, 0.1) is 5.92 Å². The van der Waals surface area contributed by atoms with Crippen LogP contribution in [0.3, 0.4) is 0 Å². The van der Waals surface area contributed by atoms with Crippen molar-refractivity contribution in [3.8, 4) is 0 Å². The Balaban J connectivity index is 1.38. The Kier molecular flexibility index (Phi) is 3.57. The van der Waals surface area contributed by atoms with Gasteiger partial charge in [-0.1, -0.05) is 19.3 Å². The molecule has 3 fully saturated rings. The molecular weight excluding hydrogens is 318 g/mol. The summed E-state index contributed by atoms with van der Waals surface area (Å²) in [5.74, 6) is 2.27. The minimum atomic E-state index is -0.230. The van der Waals surface area contributed by atoms with Crippen LogP contribution in [0.4, 0.5) is 4.79 Å². The largest absolute Gasteiger partial charge is 0.328 e. The molecule has 0 bridgehead atoms. The molecule has 134 valence electrons. The highest BCUT2D eigenvalue weighted by atomic mass is 16.2. The fraction of sp³-hybridized carbons (Fsp3) is 0.778. The Labute approximate surface area is 147 Å². The molecule has 3 aliphatic heterocycles. The van der Waals surface area contributed by atoms with Crippen molar-refractivity contribution in [1.29, 1.82) is 0 Å². The molecule has 1 aromatic heterocycles. The topological polar surface area (TPSA) is 71.3 Å². The Morgan fingerprint density at radius 2 is 1.88 bits per heavy atom. The van der Waals surface area contributed by atoms with E-state index in [0.717, 1.165) is 56.7 Å². The van der Waals surface area contributed by atoms with Gasteiger partial charge in [0.2, 0.25) is 0 Å². The highest BCUT2D eigenvalue weighted by molar-refractivity contribution is 6.04. The van der Waals surface area contributed by atoms with Crippen LogP contribution in [0.15, 0.2) is 0 Å². The Morgan fingerprint density at radius 1 is 1.00 bits per heavy atom. The molecule has 0 spiro atoms. The van der Waals surface area contributed by atoms with Gasteiger partial charge in [-0.2, -0.15) is 0 Å². The van der Waals surface area contributed by atoms with Gasteiger partial charge in [0.1, 0.15) is 11.9 Å². The first-order valence-electron chi connectivity index (χ1n) is 9.78. The summed E-state index contributed by atoms with van der Waals surface area (Å²) < 4.78 is 2.13. The third-order valence-corrected chi connectivity index (χ3v) is 6.58. The lowest BCUT2D eigenvalue weighted by atomic mass is 9.84. The Morgan fingerprint density at radius 3 is 2.80 bits per heavy atom. The van der Waals surface area contributed by atoms with Crippen LogP contribution in [0.25, 0.3) is 0 Å². The number of carbonyl (C=O) groups is 2. The number of imide groups is 1. The summed E-state index contributed by atoms with van der Waals surface area (Å²) in [7, 11) is 0. The van der Waals surface area contributed by atoms with Crippen molar-refractivity contribution in [3.63, 3.8) is 0 Å².